The van der Waals surface area contributed by atoms with E-state index in [0.717, 1.165) is 37.1 Å². The molecule has 4 rings (SSSR count). The molecule has 1 unspecified atom stereocenters. The summed E-state index contributed by atoms with van der Waals surface area (Å²) >= 11 is 0. The van der Waals surface area contributed by atoms with E-state index in [0.29, 0.717) is 13.2 Å². The van der Waals surface area contributed by atoms with Crippen LogP contribution in [0.25, 0.3) is 0 Å². The Morgan fingerprint density at radius 3 is 2.62 bits per heavy atom. The number of aryl methyl sites for hydroxylation is 1. The lowest BCUT2D eigenvalue weighted by Crippen LogP contribution is -2.35. The standard InChI is InChI=1S/C17H23NO3/c1-11(19)15-13-5-3-7-18-6-2-4-12(16(13)18)10-14(15)17-20-8-9-21-17/h10-11,17,19H,2-9H2,1H3. The Morgan fingerprint density at radius 2 is 1.90 bits per heavy atom. The summed E-state index contributed by atoms with van der Waals surface area (Å²) in [7, 11) is 0. The fraction of sp³-hybridized carbons (Fsp3) is 0.647. The lowest BCUT2D eigenvalue weighted by molar-refractivity contribution is -0.0460. The van der Waals surface area contributed by atoms with Gasteiger partial charge in [0.1, 0.15) is 0 Å². The van der Waals surface area contributed by atoms with Gasteiger partial charge in [0.2, 0.25) is 0 Å². The smallest absolute Gasteiger partial charge is 0.184 e. The van der Waals surface area contributed by atoms with Gasteiger partial charge in [-0.25, -0.2) is 0 Å². The van der Waals surface area contributed by atoms with Gasteiger partial charge in [-0.15, -0.1) is 0 Å². The predicted octanol–water partition coefficient (Wildman–Crippen LogP) is 2.48. The van der Waals surface area contributed by atoms with E-state index >= 15 is 0 Å². The highest BCUT2D eigenvalue weighted by molar-refractivity contribution is 5.67. The number of aliphatic hydroxyl groups excluding tert-OH is 1. The monoisotopic (exact) mass is 289 g/mol. The summed E-state index contributed by atoms with van der Waals surface area (Å²) in [5.41, 5.74) is 6.24. The minimum absolute atomic E-state index is 0.298. The highest BCUT2D eigenvalue weighted by atomic mass is 16.7. The summed E-state index contributed by atoms with van der Waals surface area (Å²) in [4.78, 5) is 2.50. The summed E-state index contributed by atoms with van der Waals surface area (Å²) in [6, 6.07) is 2.23. The third-order valence-electron chi connectivity index (χ3n) is 4.89. The van der Waals surface area contributed by atoms with Gasteiger partial charge in [0.15, 0.2) is 6.29 Å². The molecule has 4 heteroatoms. The number of hydrogen-bond acceptors (Lipinski definition) is 4. The summed E-state index contributed by atoms with van der Waals surface area (Å²) in [6.45, 7) is 5.44. The summed E-state index contributed by atoms with van der Waals surface area (Å²) < 4.78 is 11.4. The largest absolute Gasteiger partial charge is 0.389 e. The molecule has 3 aliphatic heterocycles. The number of aliphatic hydroxyl groups is 1. The Balaban J connectivity index is 1.91. The number of nitrogens with zero attached hydrogens (tertiary/aromatic N) is 1. The molecule has 1 N–H and O–H groups in total. The summed E-state index contributed by atoms with van der Waals surface area (Å²) in [5.74, 6) is 0. The van der Waals surface area contributed by atoms with E-state index in [-0.39, 0.29) is 6.29 Å². The zero-order chi connectivity index (χ0) is 14.4. The SMILES string of the molecule is CC(O)c1c(C2OCCO2)cc2c3c1CCCN3CCC2. The Labute approximate surface area is 125 Å². The van der Waals surface area contributed by atoms with Gasteiger partial charge in [0, 0.05) is 24.3 Å². The van der Waals surface area contributed by atoms with Gasteiger partial charge in [0.05, 0.1) is 19.3 Å². The van der Waals surface area contributed by atoms with E-state index < -0.39 is 6.10 Å². The van der Waals surface area contributed by atoms with E-state index in [4.69, 9.17) is 9.47 Å². The molecule has 0 bridgehead atoms. The molecular weight excluding hydrogens is 266 g/mol. The fourth-order valence-electron chi connectivity index (χ4n) is 4.14. The Kier molecular flexibility index (Phi) is 3.40. The number of rotatable bonds is 2. The molecule has 1 saturated heterocycles. The van der Waals surface area contributed by atoms with Gasteiger partial charge in [-0.1, -0.05) is 0 Å². The Hall–Kier alpha value is -1.10. The number of hydrogen-bond donors (Lipinski definition) is 1. The third kappa shape index (κ3) is 2.17. The summed E-state index contributed by atoms with van der Waals surface area (Å²) in [5, 5.41) is 10.4. The first-order chi connectivity index (χ1) is 10.3. The van der Waals surface area contributed by atoms with Crippen LogP contribution in [0.5, 0.6) is 0 Å². The van der Waals surface area contributed by atoms with Crippen molar-refractivity contribution in [1.29, 1.82) is 0 Å². The van der Waals surface area contributed by atoms with Crippen LogP contribution in [0.4, 0.5) is 5.69 Å². The topological polar surface area (TPSA) is 41.9 Å². The average molecular weight is 289 g/mol. The minimum Gasteiger partial charge on any atom is -0.389 e. The van der Waals surface area contributed by atoms with Crippen molar-refractivity contribution in [3.05, 3.63) is 28.3 Å². The average Bonchev–Trinajstić information content (AvgIpc) is 3.01. The number of benzene rings is 1. The molecule has 0 spiro atoms. The lowest BCUT2D eigenvalue weighted by Gasteiger charge is -2.39. The summed E-state index contributed by atoms with van der Waals surface area (Å²) in [6.07, 6.45) is 3.79. The molecule has 0 radical (unpaired) electrons. The van der Waals surface area contributed by atoms with Crippen molar-refractivity contribution in [2.45, 2.75) is 45.0 Å². The van der Waals surface area contributed by atoms with Gasteiger partial charge in [-0.3, -0.25) is 0 Å². The highest BCUT2D eigenvalue weighted by Crippen LogP contribution is 2.43. The van der Waals surface area contributed by atoms with Crippen molar-refractivity contribution in [3.63, 3.8) is 0 Å². The van der Waals surface area contributed by atoms with E-state index in [1.54, 1.807) is 0 Å². The fourth-order valence-corrected chi connectivity index (χ4v) is 4.14. The molecule has 0 saturated carbocycles. The van der Waals surface area contributed by atoms with Crippen LogP contribution in [0.2, 0.25) is 0 Å². The molecule has 114 valence electrons. The molecule has 1 atom stereocenters. The molecule has 0 amide bonds. The van der Waals surface area contributed by atoms with Crippen molar-refractivity contribution < 1.29 is 14.6 Å². The van der Waals surface area contributed by atoms with Crippen LogP contribution in [0.3, 0.4) is 0 Å². The Bertz CT molecular complexity index is 547. The highest BCUT2D eigenvalue weighted by Gasteiger charge is 2.32. The van der Waals surface area contributed by atoms with Crippen molar-refractivity contribution >= 4 is 5.69 Å². The zero-order valence-electron chi connectivity index (χ0n) is 12.6. The second-order valence-corrected chi connectivity index (χ2v) is 6.31. The van der Waals surface area contributed by atoms with Crippen molar-refractivity contribution in [2.75, 3.05) is 31.2 Å². The van der Waals surface area contributed by atoms with Crippen LogP contribution in [-0.4, -0.2) is 31.4 Å². The van der Waals surface area contributed by atoms with E-state index in [1.807, 2.05) is 6.92 Å². The van der Waals surface area contributed by atoms with E-state index in [1.165, 1.54) is 29.7 Å². The molecule has 1 fully saturated rings. The molecule has 0 aliphatic carbocycles. The lowest BCUT2D eigenvalue weighted by atomic mass is 9.84. The molecule has 0 aromatic heterocycles. The molecule has 21 heavy (non-hydrogen) atoms. The second-order valence-electron chi connectivity index (χ2n) is 6.31. The van der Waals surface area contributed by atoms with Crippen LogP contribution >= 0.6 is 0 Å². The molecule has 3 aliphatic rings. The quantitative estimate of drug-likeness (QED) is 0.908. The number of ether oxygens (including phenoxy) is 2. The molecule has 4 nitrogen and oxygen atoms in total. The first-order valence-corrected chi connectivity index (χ1v) is 8.10. The van der Waals surface area contributed by atoms with Gasteiger partial charge < -0.3 is 19.5 Å². The normalized spacial score (nSPS) is 23.2. The van der Waals surface area contributed by atoms with E-state index in [2.05, 4.69) is 11.0 Å². The van der Waals surface area contributed by atoms with Gasteiger partial charge >= 0.3 is 0 Å². The van der Waals surface area contributed by atoms with Crippen LogP contribution in [0.1, 0.15) is 54.4 Å². The van der Waals surface area contributed by atoms with Crippen LogP contribution in [0.15, 0.2) is 6.07 Å². The third-order valence-corrected chi connectivity index (χ3v) is 4.89. The van der Waals surface area contributed by atoms with Crippen molar-refractivity contribution in [2.24, 2.45) is 0 Å². The zero-order valence-corrected chi connectivity index (χ0v) is 12.6. The number of anilines is 1. The van der Waals surface area contributed by atoms with Crippen LogP contribution in [-0.2, 0) is 22.3 Å². The molecule has 1 aromatic rings. The maximum absolute atomic E-state index is 10.4. The predicted molar refractivity (Wildman–Crippen MR) is 80.6 cm³/mol. The molecular formula is C17H23NO3. The van der Waals surface area contributed by atoms with Gasteiger partial charge in [-0.05, 0) is 55.4 Å². The first-order valence-electron chi connectivity index (χ1n) is 8.10. The first kappa shape index (κ1) is 13.6. The van der Waals surface area contributed by atoms with Crippen molar-refractivity contribution in [3.8, 4) is 0 Å². The molecule has 3 heterocycles. The van der Waals surface area contributed by atoms with Crippen LogP contribution < -0.4 is 4.90 Å². The Morgan fingerprint density at radius 1 is 1.19 bits per heavy atom. The second kappa shape index (κ2) is 5.27. The van der Waals surface area contributed by atoms with Gasteiger partial charge in [0.25, 0.3) is 0 Å². The van der Waals surface area contributed by atoms with Crippen LogP contribution in [0, 0.1) is 0 Å². The maximum atomic E-state index is 10.4. The molecule has 1 aromatic carbocycles. The minimum atomic E-state index is -0.477. The van der Waals surface area contributed by atoms with E-state index in [9.17, 15) is 5.11 Å². The maximum Gasteiger partial charge on any atom is 0.184 e. The van der Waals surface area contributed by atoms with Crippen molar-refractivity contribution in [1.82, 2.24) is 0 Å². The van der Waals surface area contributed by atoms with Gasteiger partial charge in [-0.2, -0.15) is 0 Å².